The first kappa shape index (κ1) is 20.8. The molecule has 2 N–H and O–H groups in total. The Morgan fingerprint density at radius 3 is 2.59 bits per heavy atom. The van der Waals surface area contributed by atoms with E-state index in [9.17, 15) is 0 Å². The van der Waals surface area contributed by atoms with Crippen LogP contribution in [0.4, 0.5) is 0 Å². The van der Waals surface area contributed by atoms with Gasteiger partial charge < -0.3 is 15.2 Å². The van der Waals surface area contributed by atoms with Gasteiger partial charge >= 0.3 is 0 Å². The molecule has 0 saturated heterocycles. The van der Waals surface area contributed by atoms with Gasteiger partial charge in [-0.15, -0.1) is 12.4 Å². The van der Waals surface area contributed by atoms with Gasteiger partial charge in [0, 0.05) is 37.4 Å². The zero-order chi connectivity index (χ0) is 18.4. The Hall–Kier alpha value is -2.47. The molecule has 0 amide bonds. The monoisotopic (exact) mass is 385 g/mol. The van der Waals surface area contributed by atoms with Crippen molar-refractivity contribution < 1.29 is 9.47 Å². The molecule has 0 saturated carbocycles. The summed E-state index contributed by atoms with van der Waals surface area (Å²) in [5, 5.41) is 0. The smallest absolute Gasteiger partial charge is 0.159 e. The van der Waals surface area contributed by atoms with Gasteiger partial charge in [-0.05, 0) is 23.8 Å². The van der Waals surface area contributed by atoms with Gasteiger partial charge in [0.05, 0.1) is 18.9 Å². The maximum atomic E-state index is 5.78. The maximum absolute atomic E-state index is 5.78. The van der Waals surface area contributed by atoms with Crippen LogP contribution in [0.5, 0.6) is 5.75 Å². The van der Waals surface area contributed by atoms with Crippen molar-refractivity contribution in [2.24, 2.45) is 5.73 Å². The number of ether oxygens (including phenoxy) is 2. The lowest BCUT2D eigenvalue weighted by Gasteiger charge is -2.16. The molecule has 27 heavy (non-hydrogen) atoms. The third-order valence-corrected chi connectivity index (χ3v) is 4.32. The predicted octanol–water partition coefficient (Wildman–Crippen LogP) is 3.76. The largest absolute Gasteiger partial charge is 0.497 e. The van der Waals surface area contributed by atoms with E-state index < -0.39 is 0 Å². The number of hydrogen-bond donors (Lipinski definition) is 1. The number of rotatable bonds is 7. The predicted molar refractivity (Wildman–Crippen MR) is 110 cm³/mol. The average Bonchev–Trinajstić information content (AvgIpc) is 2.72. The van der Waals surface area contributed by atoms with Crippen LogP contribution in [0, 0.1) is 0 Å². The molecule has 0 fully saturated rings. The summed E-state index contributed by atoms with van der Waals surface area (Å²) in [7, 11) is 3.34. The van der Waals surface area contributed by atoms with Gasteiger partial charge in [-0.1, -0.05) is 36.4 Å². The molecule has 142 valence electrons. The number of nitrogens with zero attached hydrogens (tertiary/aromatic N) is 2. The molecular weight excluding hydrogens is 362 g/mol. The summed E-state index contributed by atoms with van der Waals surface area (Å²) < 4.78 is 10.7. The van der Waals surface area contributed by atoms with Crippen molar-refractivity contribution >= 4 is 12.4 Å². The summed E-state index contributed by atoms with van der Waals surface area (Å²) in [6.07, 6.45) is 2.50. The number of benzene rings is 2. The van der Waals surface area contributed by atoms with E-state index in [4.69, 9.17) is 20.2 Å². The minimum absolute atomic E-state index is 0. The second-order valence-electron chi connectivity index (χ2n) is 5.95. The Balaban J connectivity index is 0.00000261. The van der Waals surface area contributed by atoms with E-state index in [-0.39, 0.29) is 18.5 Å². The molecule has 1 aromatic heterocycles. The van der Waals surface area contributed by atoms with E-state index in [1.165, 1.54) is 0 Å². The highest BCUT2D eigenvalue weighted by Crippen LogP contribution is 2.26. The third-order valence-electron chi connectivity index (χ3n) is 4.32. The lowest BCUT2D eigenvalue weighted by molar-refractivity contribution is 0.110. The molecule has 3 aromatic rings. The molecule has 3 rings (SSSR count). The van der Waals surface area contributed by atoms with Crippen LogP contribution in [0.3, 0.4) is 0 Å². The van der Waals surface area contributed by atoms with Crippen molar-refractivity contribution in [2.45, 2.75) is 12.5 Å². The zero-order valence-corrected chi connectivity index (χ0v) is 16.3. The molecule has 6 heteroatoms. The van der Waals surface area contributed by atoms with E-state index in [0.29, 0.717) is 12.4 Å². The summed E-state index contributed by atoms with van der Waals surface area (Å²) in [5.74, 6) is 1.45. The molecule has 2 aromatic carbocycles. The van der Waals surface area contributed by atoms with Crippen molar-refractivity contribution in [2.75, 3.05) is 20.8 Å². The number of nitrogens with two attached hydrogens (primary N) is 1. The first-order valence-corrected chi connectivity index (χ1v) is 8.53. The first-order valence-electron chi connectivity index (χ1n) is 8.53. The molecule has 1 heterocycles. The standard InChI is InChI=1S/C21H23N3O2.ClH/c1-25-17-8-5-7-16(13-17)21-23-11-10-20(24-21)19-9-4-3-6-15(19)12-18(14-22)26-2;/h3-11,13,18H,12,14,22H2,1-2H3;1H. The van der Waals surface area contributed by atoms with Crippen molar-refractivity contribution in [3.05, 3.63) is 66.4 Å². The van der Waals surface area contributed by atoms with Crippen LogP contribution in [-0.4, -0.2) is 36.8 Å². The van der Waals surface area contributed by atoms with Gasteiger partial charge in [0.15, 0.2) is 5.82 Å². The highest BCUT2D eigenvalue weighted by Gasteiger charge is 2.13. The van der Waals surface area contributed by atoms with Gasteiger partial charge in [0.1, 0.15) is 5.75 Å². The zero-order valence-electron chi connectivity index (χ0n) is 15.5. The first-order chi connectivity index (χ1) is 12.7. The molecule has 0 aliphatic carbocycles. The van der Waals surface area contributed by atoms with Crippen LogP contribution < -0.4 is 10.5 Å². The van der Waals surface area contributed by atoms with Gasteiger partial charge in [0.2, 0.25) is 0 Å². The van der Waals surface area contributed by atoms with Crippen LogP contribution in [0.1, 0.15) is 5.56 Å². The average molecular weight is 386 g/mol. The fourth-order valence-electron chi connectivity index (χ4n) is 2.87. The van der Waals surface area contributed by atoms with Gasteiger partial charge in [-0.25, -0.2) is 9.97 Å². The van der Waals surface area contributed by atoms with E-state index in [2.05, 4.69) is 17.1 Å². The molecule has 0 aliphatic heterocycles. The number of halogens is 1. The Morgan fingerprint density at radius 2 is 1.85 bits per heavy atom. The molecule has 1 unspecified atom stereocenters. The fraction of sp³-hybridized carbons (Fsp3) is 0.238. The van der Waals surface area contributed by atoms with Gasteiger partial charge in [-0.3, -0.25) is 0 Å². The Kier molecular flexibility index (Phi) is 7.73. The summed E-state index contributed by atoms with van der Waals surface area (Å²) >= 11 is 0. The van der Waals surface area contributed by atoms with Crippen LogP contribution in [-0.2, 0) is 11.2 Å². The molecule has 0 radical (unpaired) electrons. The van der Waals surface area contributed by atoms with Crippen molar-refractivity contribution in [3.63, 3.8) is 0 Å². The lowest BCUT2D eigenvalue weighted by atomic mass is 9.99. The quantitative estimate of drug-likeness (QED) is 0.670. The van der Waals surface area contributed by atoms with Crippen molar-refractivity contribution in [1.29, 1.82) is 0 Å². The third kappa shape index (κ3) is 5.04. The van der Waals surface area contributed by atoms with E-state index in [0.717, 1.165) is 34.6 Å². The normalized spacial score (nSPS) is 11.5. The van der Waals surface area contributed by atoms with Crippen LogP contribution in [0.2, 0.25) is 0 Å². The fourth-order valence-corrected chi connectivity index (χ4v) is 2.87. The molecule has 1 atom stereocenters. The summed E-state index contributed by atoms with van der Waals surface area (Å²) in [4.78, 5) is 9.19. The summed E-state index contributed by atoms with van der Waals surface area (Å²) in [6.45, 7) is 0.476. The second-order valence-corrected chi connectivity index (χ2v) is 5.95. The van der Waals surface area contributed by atoms with E-state index in [1.807, 2.05) is 42.5 Å². The highest BCUT2D eigenvalue weighted by molar-refractivity contribution is 5.85. The summed E-state index contributed by atoms with van der Waals surface area (Å²) in [5.41, 5.74) is 9.79. The molecule has 0 bridgehead atoms. The van der Waals surface area contributed by atoms with E-state index in [1.54, 1.807) is 20.4 Å². The van der Waals surface area contributed by atoms with Crippen LogP contribution in [0.25, 0.3) is 22.6 Å². The Morgan fingerprint density at radius 1 is 1.04 bits per heavy atom. The molecular formula is C21H24ClN3O2. The second kappa shape index (κ2) is 10.0. The number of hydrogen-bond acceptors (Lipinski definition) is 5. The maximum Gasteiger partial charge on any atom is 0.159 e. The Bertz CT molecular complexity index is 869. The van der Waals surface area contributed by atoms with Gasteiger partial charge in [0.25, 0.3) is 0 Å². The molecule has 5 nitrogen and oxygen atoms in total. The van der Waals surface area contributed by atoms with Crippen LogP contribution >= 0.6 is 12.4 Å². The Labute approximate surface area is 166 Å². The summed E-state index contributed by atoms with van der Waals surface area (Å²) in [6, 6.07) is 17.8. The highest BCUT2D eigenvalue weighted by atomic mass is 35.5. The van der Waals surface area contributed by atoms with Crippen molar-refractivity contribution in [3.8, 4) is 28.4 Å². The minimum atomic E-state index is -0.0177. The topological polar surface area (TPSA) is 70.3 Å². The number of methoxy groups -OCH3 is 2. The number of aromatic nitrogens is 2. The van der Waals surface area contributed by atoms with Crippen molar-refractivity contribution in [1.82, 2.24) is 9.97 Å². The SMILES string of the molecule is COc1cccc(-c2nccc(-c3ccccc3CC(CN)OC)n2)c1.Cl. The van der Waals surface area contributed by atoms with Crippen LogP contribution in [0.15, 0.2) is 60.8 Å². The van der Waals surface area contributed by atoms with E-state index >= 15 is 0 Å². The molecule has 0 aliphatic rings. The minimum Gasteiger partial charge on any atom is -0.497 e. The molecule has 0 spiro atoms. The van der Waals surface area contributed by atoms with Gasteiger partial charge in [-0.2, -0.15) is 0 Å². The lowest BCUT2D eigenvalue weighted by Crippen LogP contribution is -2.24.